The highest BCUT2D eigenvalue weighted by molar-refractivity contribution is 7.51. The van der Waals surface area contributed by atoms with Crippen LogP contribution in [0.25, 0.3) is 0 Å². The van der Waals surface area contributed by atoms with Crippen LogP contribution in [0.15, 0.2) is 0 Å². The van der Waals surface area contributed by atoms with E-state index in [1.165, 1.54) is 0 Å². The van der Waals surface area contributed by atoms with Gasteiger partial charge in [-0.15, -0.1) is 0 Å². The second-order valence-corrected chi connectivity index (χ2v) is 4.89. The van der Waals surface area contributed by atoms with Crippen molar-refractivity contribution < 1.29 is 18.3 Å². The van der Waals surface area contributed by atoms with Crippen LogP contribution in [0.1, 0.15) is 13.8 Å². The summed E-state index contributed by atoms with van der Waals surface area (Å²) in [6.45, 7) is 6.81. The zero-order valence-electron chi connectivity index (χ0n) is 8.77. The van der Waals surface area contributed by atoms with Crippen LogP contribution < -0.4 is 0 Å². The van der Waals surface area contributed by atoms with Crippen LogP contribution in [0.4, 0.5) is 0 Å². The van der Waals surface area contributed by atoms with Crippen molar-refractivity contribution in [3.05, 3.63) is 0 Å². The Balaban J connectivity index is 2.59. The normalized spacial score (nSPS) is 19.9. The third kappa shape index (κ3) is 3.04. The van der Waals surface area contributed by atoms with Crippen molar-refractivity contribution >= 4 is 7.75 Å². The summed E-state index contributed by atoms with van der Waals surface area (Å²) < 4.78 is 29.5. The second-order valence-electron chi connectivity index (χ2n) is 2.87. The second kappa shape index (κ2) is 5.83. The average molecular weight is 223 g/mol. The van der Waals surface area contributed by atoms with Gasteiger partial charge in [-0.3, -0.25) is 9.05 Å². The number of rotatable bonds is 5. The molecule has 5 nitrogen and oxygen atoms in total. The maximum absolute atomic E-state index is 12.2. The van der Waals surface area contributed by atoms with Crippen molar-refractivity contribution in [2.24, 2.45) is 0 Å². The first-order valence-electron chi connectivity index (χ1n) is 4.95. The van der Waals surface area contributed by atoms with Crippen LogP contribution in [-0.2, 0) is 18.3 Å². The number of hydrogen-bond donors (Lipinski definition) is 0. The number of nitrogens with zero attached hydrogens (tertiary/aromatic N) is 1. The predicted octanol–water partition coefficient (Wildman–Crippen LogP) is 1.50. The van der Waals surface area contributed by atoms with E-state index in [9.17, 15) is 4.57 Å². The summed E-state index contributed by atoms with van der Waals surface area (Å²) in [5, 5.41) is 0. The van der Waals surface area contributed by atoms with E-state index < -0.39 is 7.75 Å². The standard InChI is InChI=1S/C8H18NO4P/c1-3-12-14(10,13-4-2)9-5-7-11-8-6-9/h3-8H2,1-2H3. The molecule has 0 N–H and O–H groups in total. The van der Waals surface area contributed by atoms with Gasteiger partial charge in [-0.2, -0.15) is 0 Å². The summed E-state index contributed by atoms with van der Waals surface area (Å²) in [4.78, 5) is 0. The van der Waals surface area contributed by atoms with Crippen molar-refractivity contribution in [1.29, 1.82) is 0 Å². The molecule has 0 unspecified atom stereocenters. The van der Waals surface area contributed by atoms with Crippen molar-refractivity contribution in [1.82, 2.24) is 4.67 Å². The lowest BCUT2D eigenvalue weighted by molar-refractivity contribution is 0.0511. The van der Waals surface area contributed by atoms with Crippen molar-refractivity contribution in [3.63, 3.8) is 0 Å². The predicted molar refractivity (Wildman–Crippen MR) is 53.3 cm³/mol. The Hall–Kier alpha value is 0.0700. The van der Waals surface area contributed by atoms with E-state index in [-0.39, 0.29) is 0 Å². The Kier molecular flexibility index (Phi) is 5.06. The van der Waals surface area contributed by atoms with Crippen LogP contribution >= 0.6 is 7.75 Å². The molecule has 1 heterocycles. The first-order chi connectivity index (χ1) is 6.73. The van der Waals surface area contributed by atoms with Gasteiger partial charge in [0.15, 0.2) is 0 Å². The lowest BCUT2D eigenvalue weighted by Crippen LogP contribution is -2.35. The summed E-state index contributed by atoms with van der Waals surface area (Å²) in [5.74, 6) is 0. The van der Waals surface area contributed by atoms with E-state index in [1.54, 1.807) is 4.67 Å². The molecule has 0 atom stereocenters. The molecule has 0 spiro atoms. The Morgan fingerprint density at radius 1 is 1.21 bits per heavy atom. The van der Waals surface area contributed by atoms with Gasteiger partial charge in [-0.1, -0.05) is 0 Å². The first kappa shape index (κ1) is 12.1. The zero-order chi connectivity index (χ0) is 10.4. The monoisotopic (exact) mass is 223 g/mol. The maximum atomic E-state index is 12.2. The molecule has 1 aliphatic heterocycles. The minimum absolute atomic E-state index is 0.397. The summed E-state index contributed by atoms with van der Waals surface area (Å²) in [7, 11) is -3.04. The Morgan fingerprint density at radius 3 is 2.14 bits per heavy atom. The van der Waals surface area contributed by atoms with Gasteiger partial charge in [0, 0.05) is 13.1 Å². The van der Waals surface area contributed by atoms with Crippen LogP contribution in [0, 0.1) is 0 Å². The molecular weight excluding hydrogens is 205 g/mol. The summed E-state index contributed by atoms with van der Waals surface area (Å²) in [6, 6.07) is 0. The smallest absolute Gasteiger partial charge is 0.379 e. The van der Waals surface area contributed by atoms with Crippen molar-refractivity contribution in [2.75, 3.05) is 39.5 Å². The minimum Gasteiger partial charge on any atom is -0.379 e. The molecule has 1 aliphatic rings. The molecule has 1 rings (SSSR count). The SMILES string of the molecule is CCOP(=O)(OCC)N1CCOCC1. The van der Waals surface area contributed by atoms with Gasteiger partial charge in [0.2, 0.25) is 0 Å². The first-order valence-corrected chi connectivity index (χ1v) is 6.44. The lowest BCUT2D eigenvalue weighted by atomic mass is 10.5. The molecule has 0 bridgehead atoms. The molecule has 0 aliphatic carbocycles. The van der Waals surface area contributed by atoms with Crippen LogP contribution in [0.3, 0.4) is 0 Å². The molecular formula is C8H18NO4P. The molecule has 1 fully saturated rings. The quantitative estimate of drug-likeness (QED) is 0.661. The third-order valence-corrected chi connectivity index (χ3v) is 4.18. The van der Waals surface area contributed by atoms with E-state index in [0.29, 0.717) is 39.5 Å². The summed E-state index contributed by atoms with van der Waals surface area (Å²) >= 11 is 0. The Labute approximate surface area is 84.9 Å². The topological polar surface area (TPSA) is 48.0 Å². The van der Waals surface area contributed by atoms with Crippen LogP contribution in [0.5, 0.6) is 0 Å². The lowest BCUT2D eigenvalue weighted by Gasteiger charge is -2.32. The zero-order valence-corrected chi connectivity index (χ0v) is 9.66. The number of ether oxygens (including phenoxy) is 1. The highest BCUT2D eigenvalue weighted by Crippen LogP contribution is 2.51. The average Bonchev–Trinajstić information content (AvgIpc) is 2.20. The molecule has 0 aromatic carbocycles. The molecule has 0 aromatic rings. The maximum Gasteiger partial charge on any atom is 0.408 e. The van der Waals surface area contributed by atoms with E-state index in [4.69, 9.17) is 13.8 Å². The van der Waals surface area contributed by atoms with Crippen LogP contribution in [0.2, 0.25) is 0 Å². The summed E-state index contributed by atoms with van der Waals surface area (Å²) in [5.41, 5.74) is 0. The van der Waals surface area contributed by atoms with Crippen molar-refractivity contribution in [2.45, 2.75) is 13.8 Å². The number of hydrogen-bond acceptors (Lipinski definition) is 4. The Bertz CT molecular complexity index is 196. The van der Waals surface area contributed by atoms with Gasteiger partial charge in [0.1, 0.15) is 0 Å². The highest BCUT2D eigenvalue weighted by atomic mass is 31.2. The molecule has 0 radical (unpaired) electrons. The van der Waals surface area contributed by atoms with E-state index in [0.717, 1.165) is 0 Å². The van der Waals surface area contributed by atoms with Gasteiger partial charge >= 0.3 is 7.75 Å². The van der Waals surface area contributed by atoms with Crippen molar-refractivity contribution in [3.8, 4) is 0 Å². The van der Waals surface area contributed by atoms with Crippen LogP contribution in [-0.4, -0.2) is 44.2 Å². The van der Waals surface area contributed by atoms with E-state index in [2.05, 4.69) is 0 Å². The van der Waals surface area contributed by atoms with E-state index >= 15 is 0 Å². The largest absolute Gasteiger partial charge is 0.408 e. The molecule has 0 aromatic heterocycles. The van der Waals surface area contributed by atoms with E-state index in [1.807, 2.05) is 13.8 Å². The Morgan fingerprint density at radius 2 is 1.71 bits per heavy atom. The molecule has 14 heavy (non-hydrogen) atoms. The summed E-state index contributed by atoms with van der Waals surface area (Å²) in [6.07, 6.45) is 0. The van der Waals surface area contributed by atoms with Gasteiger partial charge in [0.05, 0.1) is 26.4 Å². The van der Waals surface area contributed by atoms with Gasteiger partial charge in [-0.05, 0) is 13.8 Å². The fourth-order valence-electron chi connectivity index (χ4n) is 1.33. The third-order valence-electron chi connectivity index (χ3n) is 1.92. The molecule has 0 saturated carbocycles. The molecule has 6 heteroatoms. The molecule has 0 amide bonds. The van der Waals surface area contributed by atoms with Gasteiger partial charge in [-0.25, -0.2) is 9.24 Å². The molecule has 84 valence electrons. The van der Waals surface area contributed by atoms with Gasteiger partial charge in [0.25, 0.3) is 0 Å². The minimum atomic E-state index is -3.04. The molecule has 1 saturated heterocycles. The highest BCUT2D eigenvalue weighted by Gasteiger charge is 2.33. The number of morpholine rings is 1. The fourth-order valence-corrected chi connectivity index (χ4v) is 3.03. The fraction of sp³-hybridized carbons (Fsp3) is 1.00. The van der Waals surface area contributed by atoms with Gasteiger partial charge < -0.3 is 4.74 Å².